The Morgan fingerprint density at radius 1 is 1.25 bits per heavy atom. The van der Waals surface area contributed by atoms with Crippen LogP contribution in [0.4, 0.5) is 8.78 Å². The van der Waals surface area contributed by atoms with Gasteiger partial charge in [-0.15, -0.1) is 12.3 Å². The van der Waals surface area contributed by atoms with Gasteiger partial charge in [-0.2, -0.15) is 10.2 Å². The van der Waals surface area contributed by atoms with Gasteiger partial charge in [0.05, 0.1) is 18.2 Å². The highest BCUT2D eigenvalue weighted by atomic mass is 19.1. The topological polar surface area (TPSA) is 80.1 Å². The lowest BCUT2D eigenvalue weighted by Crippen LogP contribution is -2.29. The Morgan fingerprint density at radius 3 is 2.46 bits per heavy atom. The maximum Gasteiger partial charge on any atom is 0.340 e. The summed E-state index contributed by atoms with van der Waals surface area (Å²) in [7, 11) is 1.05. The van der Waals surface area contributed by atoms with E-state index in [1.165, 1.54) is 0 Å². The van der Waals surface area contributed by atoms with Gasteiger partial charge in [-0.05, 0) is 12.1 Å². The summed E-state index contributed by atoms with van der Waals surface area (Å²) in [6, 6.07) is 1.30. The van der Waals surface area contributed by atoms with Gasteiger partial charge in [0.2, 0.25) is 0 Å². The van der Waals surface area contributed by atoms with Crippen LogP contribution in [0.5, 0.6) is 0 Å². The molecule has 6 nitrogen and oxygen atoms in total. The summed E-state index contributed by atoms with van der Waals surface area (Å²) in [5, 5.41) is 10.3. The zero-order chi connectivity index (χ0) is 17.7. The van der Waals surface area contributed by atoms with Crippen LogP contribution in [0.15, 0.2) is 22.4 Å². The van der Waals surface area contributed by atoms with Crippen LogP contribution in [0.25, 0.3) is 0 Å². The fourth-order valence-corrected chi connectivity index (χ4v) is 2.13. The van der Waals surface area contributed by atoms with Crippen molar-refractivity contribution in [3.63, 3.8) is 0 Å². The van der Waals surface area contributed by atoms with Gasteiger partial charge in [0, 0.05) is 25.8 Å². The van der Waals surface area contributed by atoms with Crippen LogP contribution in [-0.4, -0.2) is 31.2 Å². The first-order valence-corrected chi connectivity index (χ1v) is 7.15. The minimum atomic E-state index is -1.04. The van der Waals surface area contributed by atoms with Crippen molar-refractivity contribution in [2.45, 2.75) is 24.9 Å². The van der Waals surface area contributed by atoms with Gasteiger partial charge >= 0.3 is 5.97 Å². The molecule has 0 aromatic heterocycles. The third-order valence-corrected chi connectivity index (χ3v) is 3.57. The molecule has 8 heteroatoms. The van der Waals surface area contributed by atoms with Crippen molar-refractivity contribution >= 4 is 11.9 Å². The summed E-state index contributed by atoms with van der Waals surface area (Å²) in [5.41, 5.74) is -1.64. The second-order valence-corrected chi connectivity index (χ2v) is 5.20. The van der Waals surface area contributed by atoms with Crippen molar-refractivity contribution in [2.75, 3.05) is 13.7 Å². The van der Waals surface area contributed by atoms with E-state index in [9.17, 15) is 18.4 Å². The molecule has 1 heterocycles. The van der Waals surface area contributed by atoms with Gasteiger partial charge in [-0.3, -0.25) is 4.79 Å². The van der Waals surface area contributed by atoms with Crippen molar-refractivity contribution in [3.05, 3.63) is 34.9 Å². The zero-order valence-electron chi connectivity index (χ0n) is 12.9. The number of ether oxygens (including phenoxy) is 1. The number of carbonyl (C=O) groups is 2. The first-order valence-electron chi connectivity index (χ1n) is 7.15. The maximum atomic E-state index is 13.9. The summed E-state index contributed by atoms with van der Waals surface area (Å²) in [6.45, 7) is 0.177. The average Bonchev–Trinajstić information content (AvgIpc) is 3.34. The van der Waals surface area contributed by atoms with Gasteiger partial charge in [0.25, 0.3) is 5.91 Å². The normalized spacial score (nSPS) is 13.9. The van der Waals surface area contributed by atoms with E-state index in [1.807, 2.05) is 0 Å². The fraction of sp³-hybridized carbons (Fsp3) is 0.375. The highest BCUT2D eigenvalue weighted by Crippen LogP contribution is 2.36. The fourth-order valence-electron chi connectivity index (χ4n) is 2.13. The van der Waals surface area contributed by atoms with E-state index in [1.54, 1.807) is 0 Å². The van der Waals surface area contributed by atoms with Crippen LogP contribution in [0.3, 0.4) is 0 Å². The molecule has 24 heavy (non-hydrogen) atoms. The summed E-state index contributed by atoms with van der Waals surface area (Å²) in [5.74, 6) is -1.39. The van der Waals surface area contributed by atoms with Crippen molar-refractivity contribution in [3.8, 4) is 12.3 Å². The van der Waals surface area contributed by atoms with E-state index >= 15 is 0 Å². The lowest BCUT2D eigenvalue weighted by atomic mass is 10.0. The molecule has 0 fully saturated rings. The number of benzene rings is 1. The largest absolute Gasteiger partial charge is 0.465 e. The van der Waals surface area contributed by atoms with Crippen molar-refractivity contribution in [1.82, 2.24) is 5.32 Å². The third-order valence-electron chi connectivity index (χ3n) is 3.57. The van der Waals surface area contributed by atoms with E-state index in [0.29, 0.717) is 31.4 Å². The SMILES string of the molecule is C#CCCC1(CCNC(=O)c2cc(F)c(C(=O)OC)cc2F)N=N1. The number of terminal acetylenes is 1. The zero-order valence-corrected chi connectivity index (χ0v) is 12.9. The smallest absolute Gasteiger partial charge is 0.340 e. The van der Waals surface area contributed by atoms with Gasteiger partial charge in [-0.25, -0.2) is 13.6 Å². The monoisotopic (exact) mass is 335 g/mol. The molecule has 0 saturated carbocycles. The lowest BCUT2D eigenvalue weighted by molar-refractivity contribution is 0.0594. The van der Waals surface area contributed by atoms with Gasteiger partial charge in [0.1, 0.15) is 11.6 Å². The highest BCUT2D eigenvalue weighted by molar-refractivity contribution is 5.96. The molecule has 0 atom stereocenters. The Hall–Kier alpha value is -2.82. The average molecular weight is 335 g/mol. The molecular formula is C16H15F2N3O3. The van der Waals surface area contributed by atoms with Gasteiger partial charge < -0.3 is 10.1 Å². The Kier molecular flexibility index (Phi) is 5.24. The molecule has 0 spiro atoms. The van der Waals surface area contributed by atoms with E-state index in [-0.39, 0.29) is 6.54 Å². The molecule has 1 N–H and O–H groups in total. The molecule has 0 saturated heterocycles. The van der Waals surface area contributed by atoms with Crippen molar-refractivity contribution < 1.29 is 23.1 Å². The predicted octanol–water partition coefficient (Wildman–Crippen LogP) is 2.45. The number of rotatable bonds is 7. The summed E-state index contributed by atoms with van der Waals surface area (Å²) in [4.78, 5) is 23.2. The Balaban J connectivity index is 1.97. The number of nitrogens with one attached hydrogen (secondary N) is 1. The second kappa shape index (κ2) is 7.17. The highest BCUT2D eigenvalue weighted by Gasteiger charge is 2.38. The molecule has 0 radical (unpaired) electrons. The van der Waals surface area contributed by atoms with Crippen LogP contribution in [0.2, 0.25) is 0 Å². The van der Waals surface area contributed by atoms with Crippen LogP contribution in [0, 0.1) is 24.0 Å². The molecule has 0 unspecified atom stereocenters. The number of hydrogen-bond donors (Lipinski definition) is 1. The molecule has 126 valence electrons. The van der Waals surface area contributed by atoms with Crippen LogP contribution in [0.1, 0.15) is 40.0 Å². The molecule has 1 aliphatic rings. The minimum absolute atomic E-state index is 0.177. The van der Waals surface area contributed by atoms with Gasteiger partial charge in [-0.1, -0.05) is 0 Å². The van der Waals surface area contributed by atoms with E-state index < -0.39 is 40.3 Å². The molecule has 1 aromatic carbocycles. The number of amides is 1. The number of esters is 1. The summed E-state index contributed by atoms with van der Waals surface area (Å²) in [6.07, 6.45) is 6.69. The third kappa shape index (κ3) is 3.93. The van der Waals surface area contributed by atoms with Gasteiger partial charge in [0.15, 0.2) is 5.66 Å². The van der Waals surface area contributed by atoms with Crippen molar-refractivity contribution in [1.29, 1.82) is 0 Å². The molecule has 1 aromatic rings. The number of methoxy groups -OCH3 is 1. The van der Waals surface area contributed by atoms with Crippen LogP contribution < -0.4 is 5.32 Å². The second-order valence-electron chi connectivity index (χ2n) is 5.20. The predicted molar refractivity (Wildman–Crippen MR) is 80.3 cm³/mol. The molecule has 1 amide bonds. The van der Waals surface area contributed by atoms with E-state index in [0.717, 1.165) is 7.11 Å². The van der Waals surface area contributed by atoms with Crippen LogP contribution >= 0.6 is 0 Å². The Labute approximate surface area is 137 Å². The number of carbonyl (C=O) groups excluding carboxylic acids is 2. The maximum absolute atomic E-state index is 13.9. The van der Waals surface area contributed by atoms with E-state index in [2.05, 4.69) is 26.2 Å². The number of nitrogens with zero attached hydrogens (tertiary/aromatic N) is 2. The lowest BCUT2D eigenvalue weighted by Gasteiger charge is -2.11. The standard InChI is InChI=1S/C16H15F2N3O3/c1-3-4-5-16(20-21-16)6-7-19-14(22)10-8-13(18)11(9-12(10)17)15(23)24-2/h1,8-9H,4-7H2,2H3,(H,19,22). The van der Waals surface area contributed by atoms with Crippen molar-refractivity contribution in [2.24, 2.45) is 10.2 Å². The molecular weight excluding hydrogens is 320 g/mol. The Bertz CT molecular complexity index is 735. The first-order chi connectivity index (χ1) is 11.4. The summed E-state index contributed by atoms with van der Waals surface area (Å²) < 4.78 is 32.0. The first kappa shape index (κ1) is 17.5. The molecule has 2 rings (SSSR count). The molecule has 1 aliphatic heterocycles. The minimum Gasteiger partial charge on any atom is -0.465 e. The molecule has 0 bridgehead atoms. The van der Waals surface area contributed by atoms with Crippen LogP contribution in [-0.2, 0) is 4.74 Å². The summed E-state index contributed by atoms with van der Waals surface area (Å²) >= 11 is 0. The number of hydrogen-bond acceptors (Lipinski definition) is 5. The Morgan fingerprint density at radius 2 is 1.88 bits per heavy atom. The quantitative estimate of drug-likeness (QED) is 0.614. The number of halogens is 2. The molecule has 0 aliphatic carbocycles. The van der Waals surface area contributed by atoms with E-state index in [4.69, 9.17) is 6.42 Å².